The van der Waals surface area contributed by atoms with Crippen LogP contribution in [0.25, 0.3) is 0 Å². The average molecular weight is 245 g/mol. The van der Waals surface area contributed by atoms with Gasteiger partial charge >= 0.3 is 12.0 Å². The zero-order valence-electron chi connectivity index (χ0n) is 8.67. The van der Waals surface area contributed by atoms with Crippen LogP contribution in [0.3, 0.4) is 0 Å². The number of carbonyl (C=O) groups is 4. The van der Waals surface area contributed by atoms with Gasteiger partial charge < -0.3 is 20.8 Å². The fraction of sp³-hybridized carbons (Fsp3) is 0.500. The number of aliphatic carboxylic acids is 1. The normalized spacial score (nSPS) is 16.6. The molecule has 0 saturated carbocycles. The van der Waals surface area contributed by atoms with Crippen LogP contribution < -0.4 is 10.6 Å². The number of imide groups is 1. The molecule has 0 aliphatic carbocycles. The number of urea groups is 1. The topological polar surface area (TPSA) is 136 Å². The summed E-state index contributed by atoms with van der Waals surface area (Å²) in [5, 5.41) is 21.5. The van der Waals surface area contributed by atoms with Gasteiger partial charge in [0.2, 0.25) is 5.91 Å². The van der Waals surface area contributed by atoms with Crippen molar-refractivity contribution < 1.29 is 29.4 Å². The van der Waals surface area contributed by atoms with E-state index in [0.29, 0.717) is 4.90 Å². The molecule has 1 aliphatic heterocycles. The molecule has 0 bridgehead atoms. The molecule has 0 aromatic carbocycles. The van der Waals surface area contributed by atoms with Crippen molar-refractivity contribution >= 4 is 23.8 Å². The molecule has 1 rings (SSSR count). The number of nitrogens with one attached hydrogen (secondary N) is 2. The third-order valence-electron chi connectivity index (χ3n) is 2.02. The standard InChI is InChI=1S/C8H11N3O6/c12-4(7(15)16)1-9-5(13)3-11-6(14)2-10-8(11)17/h4,12H,1-3H2,(H,9,13)(H,10,17)(H,15,16). The summed E-state index contributed by atoms with van der Waals surface area (Å²) in [6.45, 7) is -1.15. The van der Waals surface area contributed by atoms with Crippen LogP contribution in [0.15, 0.2) is 0 Å². The number of rotatable bonds is 5. The number of hydrogen-bond acceptors (Lipinski definition) is 5. The summed E-state index contributed by atoms with van der Waals surface area (Å²) in [6, 6.07) is -0.677. The third-order valence-corrected chi connectivity index (χ3v) is 2.02. The maximum absolute atomic E-state index is 11.2. The Balaban J connectivity index is 2.37. The van der Waals surface area contributed by atoms with Gasteiger partial charge in [0.15, 0.2) is 6.10 Å². The highest BCUT2D eigenvalue weighted by Crippen LogP contribution is 1.97. The quantitative estimate of drug-likeness (QED) is 0.383. The van der Waals surface area contributed by atoms with Crippen molar-refractivity contribution in [2.45, 2.75) is 6.10 Å². The number of nitrogens with zero attached hydrogens (tertiary/aromatic N) is 1. The van der Waals surface area contributed by atoms with Gasteiger partial charge in [-0.3, -0.25) is 14.5 Å². The van der Waals surface area contributed by atoms with Gasteiger partial charge in [0.1, 0.15) is 6.54 Å². The highest BCUT2D eigenvalue weighted by Gasteiger charge is 2.30. The van der Waals surface area contributed by atoms with Crippen LogP contribution in [0, 0.1) is 0 Å². The molecule has 1 fully saturated rings. The lowest BCUT2D eigenvalue weighted by atomic mass is 10.3. The predicted octanol–water partition coefficient (Wildman–Crippen LogP) is -2.90. The number of carbonyl (C=O) groups excluding carboxylic acids is 3. The van der Waals surface area contributed by atoms with E-state index in [1.807, 2.05) is 0 Å². The molecule has 1 atom stereocenters. The molecule has 0 spiro atoms. The highest BCUT2D eigenvalue weighted by atomic mass is 16.4. The van der Waals surface area contributed by atoms with E-state index in [4.69, 9.17) is 10.2 Å². The second kappa shape index (κ2) is 5.25. The van der Waals surface area contributed by atoms with Gasteiger partial charge in [-0.05, 0) is 0 Å². The Hall–Kier alpha value is -2.16. The molecule has 17 heavy (non-hydrogen) atoms. The van der Waals surface area contributed by atoms with Crippen LogP contribution in [0.2, 0.25) is 0 Å². The van der Waals surface area contributed by atoms with E-state index in [1.165, 1.54) is 0 Å². The minimum absolute atomic E-state index is 0.163. The summed E-state index contributed by atoms with van der Waals surface area (Å²) in [5.41, 5.74) is 0. The van der Waals surface area contributed by atoms with Crippen LogP contribution in [-0.2, 0) is 14.4 Å². The summed E-state index contributed by atoms with van der Waals surface area (Å²) in [6.07, 6.45) is -1.72. The molecule has 4 N–H and O–H groups in total. The first-order valence-electron chi connectivity index (χ1n) is 4.67. The Kier molecular flexibility index (Phi) is 3.99. The van der Waals surface area contributed by atoms with E-state index >= 15 is 0 Å². The van der Waals surface area contributed by atoms with Gasteiger partial charge in [-0.15, -0.1) is 0 Å². The average Bonchev–Trinajstić information content (AvgIpc) is 2.57. The van der Waals surface area contributed by atoms with E-state index in [0.717, 1.165) is 0 Å². The van der Waals surface area contributed by atoms with Crippen molar-refractivity contribution in [3.63, 3.8) is 0 Å². The first-order valence-corrected chi connectivity index (χ1v) is 4.67. The van der Waals surface area contributed by atoms with Crippen molar-refractivity contribution in [1.82, 2.24) is 15.5 Å². The highest BCUT2D eigenvalue weighted by molar-refractivity contribution is 6.04. The second-order valence-corrected chi connectivity index (χ2v) is 3.30. The van der Waals surface area contributed by atoms with Crippen LogP contribution >= 0.6 is 0 Å². The van der Waals surface area contributed by atoms with E-state index < -0.39 is 43.0 Å². The van der Waals surface area contributed by atoms with Crippen LogP contribution in [-0.4, -0.2) is 64.7 Å². The Morgan fingerprint density at radius 2 is 2.12 bits per heavy atom. The zero-order chi connectivity index (χ0) is 13.0. The minimum atomic E-state index is -1.72. The van der Waals surface area contributed by atoms with Gasteiger partial charge in [0, 0.05) is 0 Å². The van der Waals surface area contributed by atoms with Crippen molar-refractivity contribution in [2.75, 3.05) is 19.6 Å². The van der Waals surface area contributed by atoms with Gasteiger partial charge in [0.05, 0.1) is 13.1 Å². The van der Waals surface area contributed by atoms with Gasteiger partial charge in [-0.1, -0.05) is 0 Å². The fourth-order valence-electron chi connectivity index (χ4n) is 1.11. The van der Waals surface area contributed by atoms with Crippen molar-refractivity contribution in [3.8, 4) is 0 Å². The number of amides is 4. The monoisotopic (exact) mass is 245 g/mol. The Bertz CT molecular complexity index is 352. The molecule has 9 heteroatoms. The number of aliphatic hydroxyl groups excluding tert-OH is 1. The number of carboxylic acids is 1. The minimum Gasteiger partial charge on any atom is -0.479 e. The van der Waals surface area contributed by atoms with E-state index in [9.17, 15) is 19.2 Å². The van der Waals surface area contributed by atoms with E-state index in [-0.39, 0.29) is 6.54 Å². The van der Waals surface area contributed by atoms with Crippen molar-refractivity contribution in [3.05, 3.63) is 0 Å². The predicted molar refractivity (Wildman–Crippen MR) is 51.8 cm³/mol. The molecule has 1 heterocycles. The second-order valence-electron chi connectivity index (χ2n) is 3.30. The van der Waals surface area contributed by atoms with E-state index in [1.54, 1.807) is 0 Å². The molecule has 0 radical (unpaired) electrons. The van der Waals surface area contributed by atoms with Crippen LogP contribution in [0.1, 0.15) is 0 Å². The Morgan fingerprint density at radius 3 is 2.59 bits per heavy atom. The number of aliphatic hydroxyl groups is 1. The van der Waals surface area contributed by atoms with Gasteiger partial charge in [-0.2, -0.15) is 0 Å². The first kappa shape index (κ1) is 12.9. The van der Waals surface area contributed by atoms with Crippen LogP contribution in [0.5, 0.6) is 0 Å². The molecule has 1 saturated heterocycles. The molecule has 9 nitrogen and oxygen atoms in total. The number of hydrogen-bond donors (Lipinski definition) is 4. The van der Waals surface area contributed by atoms with Crippen molar-refractivity contribution in [2.24, 2.45) is 0 Å². The SMILES string of the molecule is O=C(CN1C(=O)CNC1=O)NCC(O)C(=O)O. The molecule has 4 amide bonds. The maximum atomic E-state index is 11.2. The molecule has 0 aromatic heterocycles. The zero-order valence-corrected chi connectivity index (χ0v) is 8.67. The summed E-state index contributed by atoms with van der Waals surface area (Å²) in [5.74, 6) is -2.74. The molecule has 94 valence electrons. The Labute approximate surface area is 95.4 Å². The fourth-order valence-corrected chi connectivity index (χ4v) is 1.11. The summed E-state index contributed by atoms with van der Waals surface area (Å²) < 4.78 is 0. The summed E-state index contributed by atoms with van der Waals surface area (Å²) in [4.78, 5) is 44.3. The molecule has 1 aliphatic rings. The Morgan fingerprint density at radius 1 is 1.47 bits per heavy atom. The maximum Gasteiger partial charge on any atom is 0.334 e. The van der Waals surface area contributed by atoms with Crippen molar-refractivity contribution in [1.29, 1.82) is 0 Å². The first-order chi connectivity index (χ1) is 7.91. The summed E-state index contributed by atoms with van der Waals surface area (Å²) >= 11 is 0. The van der Waals surface area contributed by atoms with E-state index in [2.05, 4.69) is 10.6 Å². The lowest BCUT2D eigenvalue weighted by Gasteiger charge is -2.12. The molecule has 0 aromatic rings. The molecular formula is C8H11N3O6. The van der Waals surface area contributed by atoms with Gasteiger partial charge in [-0.25, -0.2) is 9.59 Å². The molecule has 1 unspecified atom stereocenters. The van der Waals surface area contributed by atoms with Crippen LogP contribution in [0.4, 0.5) is 4.79 Å². The number of carboxylic acid groups (broad SMARTS) is 1. The molecular weight excluding hydrogens is 234 g/mol. The summed E-state index contributed by atoms with van der Waals surface area (Å²) in [7, 11) is 0. The lowest BCUT2D eigenvalue weighted by molar-refractivity contribution is -0.146. The third kappa shape index (κ3) is 3.41. The lowest BCUT2D eigenvalue weighted by Crippen LogP contribution is -2.44. The largest absolute Gasteiger partial charge is 0.479 e. The van der Waals surface area contributed by atoms with Gasteiger partial charge in [0.25, 0.3) is 5.91 Å². The smallest absolute Gasteiger partial charge is 0.334 e.